The standard InChI is InChI=1S/C15H15ClO2S/c1-15(2,3)18-14(17)13-9-19-8-12(13)10-4-6-11(16)7-5-10/h4-9H,1-3H3. The molecule has 1 aromatic carbocycles. The highest BCUT2D eigenvalue weighted by Gasteiger charge is 2.21. The summed E-state index contributed by atoms with van der Waals surface area (Å²) in [6.45, 7) is 5.58. The summed E-state index contributed by atoms with van der Waals surface area (Å²) in [4.78, 5) is 12.1. The molecule has 0 bridgehead atoms. The minimum atomic E-state index is -0.490. The van der Waals surface area contributed by atoms with Gasteiger partial charge in [0.2, 0.25) is 0 Å². The average molecular weight is 295 g/mol. The highest BCUT2D eigenvalue weighted by atomic mass is 35.5. The summed E-state index contributed by atoms with van der Waals surface area (Å²) in [5.41, 5.74) is 1.96. The van der Waals surface area contributed by atoms with Crippen molar-refractivity contribution < 1.29 is 9.53 Å². The molecule has 0 fully saturated rings. The Bertz CT molecular complexity index is 579. The van der Waals surface area contributed by atoms with E-state index in [4.69, 9.17) is 16.3 Å². The van der Waals surface area contributed by atoms with E-state index in [1.54, 1.807) is 0 Å². The normalized spacial score (nSPS) is 11.4. The molecule has 2 nitrogen and oxygen atoms in total. The minimum Gasteiger partial charge on any atom is -0.456 e. The van der Waals surface area contributed by atoms with Crippen LogP contribution in [0.15, 0.2) is 35.0 Å². The van der Waals surface area contributed by atoms with E-state index in [1.165, 1.54) is 11.3 Å². The van der Waals surface area contributed by atoms with Crippen LogP contribution in [-0.4, -0.2) is 11.6 Å². The second-order valence-electron chi connectivity index (χ2n) is 5.21. The number of esters is 1. The lowest BCUT2D eigenvalue weighted by atomic mass is 10.0. The molecule has 1 heterocycles. The molecule has 1 aromatic heterocycles. The summed E-state index contributed by atoms with van der Waals surface area (Å²) in [6.07, 6.45) is 0. The number of hydrogen-bond donors (Lipinski definition) is 0. The molecule has 0 unspecified atom stereocenters. The number of carbonyl (C=O) groups is 1. The molecule has 0 saturated heterocycles. The molecule has 2 aromatic rings. The van der Waals surface area contributed by atoms with E-state index < -0.39 is 5.60 Å². The largest absolute Gasteiger partial charge is 0.456 e. The van der Waals surface area contributed by atoms with Crippen molar-refractivity contribution in [2.75, 3.05) is 0 Å². The Balaban J connectivity index is 2.32. The molecule has 19 heavy (non-hydrogen) atoms. The fourth-order valence-electron chi connectivity index (χ4n) is 1.64. The summed E-state index contributed by atoms with van der Waals surface area (Å²) in [5.74, 6) is -0.293. The van der Waals surface area contributed by atoms with Gasteiger partial charge in [-0.1, -0.05) is 23.7 Å². The molecule has 0 aliphatic rings. The van der Waals surface area contributed by atoms with Crippen molar-refractivity contribution in [1.29, 1.82) is 0 Å². The highest BCUT2D eigenvalue weighted by Crippen LogP contribution is 2.29. The first-order chi connectivity index (χ1) is 8.87. The van der Waals surface area contributed by atoms with Gasteiger partial charge in [-0.3, -0.25) is 0 Å². The van der Waals surface area contributed by atoms with E-state index in [9.17, 15) is 4.79 Å². The number of ether oxygens (including phenoxy) is 1. The lowest BCUT2D eigenvalue weighted by Crippen LogP contribution is -2.23. The lowest BCUT2D eigenvalue weighted by Gasteiger charge is -2.19. The molecule has 0 radical (unpaired) electrons. The van der Waals surface area contributed by atoms with E-state index in [0.29, 0.717) is 10.6 Å². The minimum absolute atomic E-state index is 0.293. The monoisotopic (exact) mass is 294 g/mol. The molecule has 0 aliphatic carbocycles. The Morgan fingerprint density at radius 3 is 2.37 bits per heavy atom. The molecule has 0 amide bonds. The molecule has 4 heteroatoms. The smallest absolute Gasteiger partial charge is 0.340 e. The zero-order chi connectivity index (χ0) is 14.0. The van der Waals surface area contributed by atoms with E-state index in [1.807, 2.05) is 55.8 Å². The Morgan fingerprint density at radius 1 is 1.16 bits per heavy atom. The van der Waals surface area contributed by atoms with Crippen LogP contribution in [0.1, 0.15) is 31.1 Å². The quantitative estimate of drug-likeness (QED) is 0.727. The topological polar surface area (TPSA) is 26.3 Å². The van der Waals surface area contributed by atoms with Gasteiger partial charge in [0.1, 0.15) is 5.60 Å². The second kappa shape index (κ2) is 5.35. The van der Waals surface area contributed by atoms with E-state index in [2.05, 4.69) is 0 Å². The first-order valence-electron chi connectivity index (χ1n) is 5.92. The number of thiophene rings is 1. The number of rotatable bonds is 2. The molecular weight excluding hydrogens is 280 g/mol. The van der Waals surface area contributed by atoms with Gasteiger partial charge in [0, 0.05) is 16.0 Å². The summed E-state index contributed by atoms with van der Waals surface area (Å²) in [6, 6.07) is 7.43. The summed E-state index contributed by atoms with van der Waals surface area (Å²) < 4.78 is 5.41. The van der Waals surface area contributed by atoms with Crippen LogP contribution in [0.25, 0.3) is 11.1 Å². The van der Waals surface area contributed by atoms with Crippen LogP contribution in [0.3, 0.4) is 0 Å². The molecule has 0 aliphatic heterocycles. The molecule has 100 valence electrons. The van der Waals surface area contributed by atoms with Crippen molar-refractivity contribution in [3.05, 3.63) is 45.6 Å². The Labute approximate surface area is 122 Å². The highest BCUT2D eigenvalue weighted by molar-refractivity contribution is 7.08. The third-order valence-corrected chi connectivity index (χ3v) is 3.43. The maximum atomic E-state index is 12.1. The Morgan fingerprint density at radius 2 is 1.79 bits per heavy atom. The number of benzene rings is 1. The van der Waals surface area contributed by atoms with Crippen LogP contribution in [0.5, 0.6) is 0 Å². The third-order valence-electron chi connectivity index (χ3n) is 2.44. The predicted octanol–water partition coefficient (Wildman–Crippen LogP) is 5.02. The lowest BCUT2D eigenvalue weighted by molar-refractivity contribution is 0.00711. The van der Waals surface area contributed by atoms with Crippen LogP contribution in [0.4, 0.5) is 0 Å². The predicted molar refractivity (Wildman–Crippen MR) is 79.9 cm³/mol. The van der Waals surface area contributed by atoms with Gasteiger partial charge in [-0.15, -0.1) is 0 Å². The van der Waals surface area contributed by atoms with Crippen molar-refractivity contribution in [1.82, 2.24) is 0 Å². The van der Waals surface area contributed by atoms with Crippen molar-refractivity contribution >= 4 is 28.9 Å². The first kappa shape index (κ1) is 14.1. The second-order valence-corrected chi connectivity index (χ2v) is 6.39. The van der Waals surface area contributed by atoms with Crippen LogP contribution >= 0.6 is 22.9 Å². The van der Waals surface area contributed by atoms with Gasteiger partial charge in [0.25, 0.3) is 0 Å². The maximum Gasteiger partial charge on any atom is 0.340 e. The van der Waals surface area contributed by atoms with Crippen LogP contribution in [0.2, 0.25) is 5.02 Å². The molecule has 0 N–H and O–H groups in total. The number of hydrogen-bond acceptors (Lipinski definition) is 3. The Kier molecular flexibility index (Phi) is 3.97. The zero-order valence-electron chi connectivity index (χ0n) is 11.1. The van der Waals surface area contributed by atoms with Crippen LogP contribution in [-0.2, 0) is 4.74 Å². The van der Waals surface area contributed by atoms with Gasteiger partial charge in [-0.05, 0) is 43.8 Å². The number of carbonyl (C=O) groups excluding carboxylic acids is 1. The van der Waals surface area contributed by atoms with Crippen molar-refractivity contribution in [2.45, 2.75) is 26.4 Å². The van der Waals surface area contributed by atoms with Gasteiger partial charge in [-0.25, -0.2) is 4.79 Å². The van der Waals surface area contributed by atoms with E-state index in [0.717, 1.165) is 11.1 Å². The van der Waals surface area contributed by atoms with Gasteiger partial charge in [0.15, 0.2) is 0 Å². The third kappa shape index (κ3) is 3.58. The van der Waals surface area contributed by atoms with Crippen molar-refractivity contribution in [3.63, 3.8) is 0 Å². The zero-order valence-corrected chi connectivity index (χ0v) is 12.6. The summed E-state index contributed by atoms with van der Waals surface area (Å²) in [5, 5.41) is 4.44. The van der Waals surface area contributed by atoms with Gasteiger partial charge >= 0.3 is 5.97 Å². The fraction of sp³-hybridized carbons (Fsp3) is 0.267. The molecule has 0 saturated carbocycles. The SMILES string of the molecule is CC(C)(C)OC(=O)c1cscc1-c1ccc(Cl)cc1. The summed E-state index contributed by atoms with van der Waals surface area (Å²) >= 11 is 7.36. The van der Waals surface area contributed by atoms with E-state index in [-0.39, 0.29) is 5.97 Å². The van der Waals surface area contributed by atoms with E-state index >= 15 is 0 Å². The maximum absolute atomic E-state index is 12.1. The van der Waals surface area contributed by atoms with Gasteiger partial charge in [0.05, 0.1) is 5.56 Å². The molecule has 2 rings (SSSR count). The summed E-state index contributed by atoms with van der Waals surface area (Å²) in [7, 11) is 0. The molecule has 0 atom stereocenters. The van der Waals surface area contributed by atoms with Crippen LogP contribution in [0, 0.1) is 0 Å². The van der Waals surface area contributed by atoms with Gasteiger partial charge in [-0.2, -0.15) is 11.3 Å². The first-order valence-corrected chi connectivity index (χ1v) is 7.24. The average Bonchev–Trinajstić information content (AvgIpc) is 2.76. The van der Waals surface area contributed by atoms with Crippen molar-refractivity contribution in [2.24, 2.45) is 0 Å². The fourth-order valence-corrected chi connectivity index (χ4v) is 2.59. The van der Waals surface area contributed by atoms with Crippen LogP contribution < -0.4 is 0 Å². The van der Waals surface area contributed by atoms with Gasteiger partial charge < -0.3 is 4.74 Å². The molecule has 0 spiro atoms. The van der Waals surface area contributed by atoms with Crippen molar-refractivity contribution in [3.8, 4) is 11.1 Å². The Hall–Kier alpha value is -1.32. The number of halogens is 1. The molecular formula is C15H15ClO2S.